The van der Waals surface area contributed by atoms with Crippen molar-refractivity contribution in [1.82, 2.24) is 5.43 Å². The Morgan fingerprint density at radius 1 is 1.19 bits per heavy atom. The third kappa shape index (κ3) is 3.88. The van der Waals surface area contributed by atoms with E-state index in [0.717, 1.165) is 0 Å². The molecule has 21 heavy (non-hydrogen) atoms. The van der Waals surface area contributed by atoms with E-state index >= 15 is 0 Å². The molecular weight excluding hydrogens is 335 g/mol. The molecule has 0 atom stereocenters. The van der Waals surface area contributed by atoms with Crippen molar-refractivity contribution in [3.63, 3.8) is 0 Å². The molecule has 0 bridgehead atoms. The maximum atomic E-state index is 11.8. The highest BCUT2D eigenvalue weighted by Crippen LogP contribution is 2.33. The predicted molar refractivity (Wildman–Crippen MR) is 84.6 cm³/mol. The number of hydrazone groups is 1. The molecule has 108 valence electrons. The minimum atomic E-state index is -0.423. The van der Waals surface area contributed by atoms with Crippen LogP contribution in [0.2, 0.25) is 15.1 Å². The molecule has 7 heteroatoms. The summed E-state index contributed by atoms with van der Waals surface area (Å²) in [5, 5.41) is 14.2. The highest BCUT2D eigenvalue weighted by Gasteiger charge is 2.08. The van der Waals surface area contributed by atoms with Crippen LogP contribution in [0.25, 0.3) is 0 Å². The van der Waals surface area contributed by atoms with Crippen molar-refractivity contribution < 1.29 is 9.90 Å². The summed E-state index contributed by atoms with van der Waals surface area (Å²) < 4.78 is 0. The van der Waals surface area contributed by atoms with Crippen LogP contribution < -0.4 is 5.43 Å². The summed E-state index contributed by atoms with van der Waals surface area (Å²) in [4.78, 5) is 11.8. The third-order valence-corrected chi connectivity index (χ3v) is 3.59. The first kappa shape index (κ1) is 15.6. The first-order chi connectivity index (χ1) is 9.99. The Morgan fingerprint density at radius 2 is 1.95 bits per heavy atom. The van der Waals surface area contributed by atoms with E-state index in [2.05, 4.69) is 10.5 Å². The van der Waals surface area contributed by atoms with E-state index in [1.165, 1.54) is 24.4 Å². The van der Waals surface area contributed by atoms with Gasteiger partial charge in [-0.15, -0.1) is 0 Å². The molecule has 0 aliphatic heterocycles. The lowest BCUT2D eigenvalue weighted by atomic mass is 10.2. The summed E-state index contributed by atoms with van der Waals surface area (Å²) in [5.74, 6) is -0.627. The van der Waals surface area contributed by atoms with Crippen LogP contribution in [0, 0.1) is 0 Å². The fourth-order valence-electron chi connectivity index (χ4n) is 1.51. The van der Waals surface area contributed by atoms with Gasteiger partial charge in [-0.05, 0) is 30.3 Å². The second-order valence-electron chi connectivity index (χ2n) is 4.01. The smallest absolute Gasteiger partial charge is 0.271 e. The molecule has 0 aliphatic rings. The Balaban J connectivity index is 2.09. The zero-order chi connectivity index (χ0) is 15.4. The van der Waals surface area contributed by atoms with Gasteiger partial charge >= 0.3 is 0 Å². The number of amides is 1. The topological polar surface area (TPSA) is 61.7 Å². The third-order valence-electron chi connectivity index (χ3n) is 2.56. The van der Waals surface area contributed by atoms with Gasteiger partial charge in [-0.2, -0.15) is 5.10 Å². The molecule has 0 fully saturated rings. The number of phenolic OH excluding ortho intramolecular Hbond substituents is 1. The predicted octanol–water partition coefficient (Wildman–Crippen LogP) is 4.12. The van der Waals surface area contributed by atoms with Crippen LogP contribution >= 0.6 is 34.8 Å². The molecule has 0 spiro atoms. The van der Waals surface area contributed by atoms with Crippen molar-refractivity contribution in [2.24, 2.45) is 5.10 Å². The van der Waals surface area contributed by atoms with Crippen LogP contribution in [0.1, 0.15) is 15.9 Å². The highest BCUT2D eigenvalue weighted by molar-refractivity contribution is 6.43. The van der Waals surface area contributed by atoms with Gasteiger partial charge in [0.25, 0.3) is 5.91 Å². The molecule has 2 rings (SSSR count). The zero-order valence-electron chi connectivity index (χ0n) is 10.5. The first-order valence-corrected chi connectivity index (χ1v) is 6.88. The van der Waals surface area contributed by atoms with Crippen molar-refractivity contribution >= 4 is 46.9 Å². The van der Waals surface area contributed by atoms with E-state index in [0.29, 0.717) is 16.1 Å². The lowest BCUT2D eigenvalue weighted by molar-refractivity contribution is 0.0955. The number of benzene rings is 2. The maximum Gasteiger partial charge on any atom is 0.271 e. The quantitative estimate of drug-likeness (QED) is 0.650. The van der Waals surface area contributed by atoms with E-state index in [9.17, 15) is 9.90 Å². The second kappa shape index (κ2) is 6.80. The number of nitrogens with zero attached hydrogens (tertiary/aromatic N) is 1. The van der Waals surface area contributed by atoms with Crippen LogP contribution in [0.4, 0.5) is 0 Å². The molecular formula is C14H9Cl3N2O2. The number of hydrogen-bond acceptors (Lipinski definition) is 3. The van der Waals surface area contributed by atoms with Crippen molar-refractivity contribution in [1.29, 1.82) is 0 Å². The first-order valence-electron chi connectivity index (χ1n) is 5.75. The van der Waals surface area contributed by atoms with Gasteiger partial charge in [-0.3, -0.25) is 4.79 Å². The normalized spacial score (nSPS) is 10.8. The van der Waals surface area contributed by atoms with Crippen molar-refractivity contribution in [2.75, 3.05) is 0 Å². The molecule has 0 saturated heterocycles. The standard InChI is InChI=1S/C14H9Cl3N2O2/c15-10-3-1-2-8(6-10)14(21)19-18-7-9-4-5-11(16)12(17)13(9)20/h1-7,20H,(H,19,21)/b18-7+. The largest absolute Gasteiger partial charge is 0.506 e. The maximum absolute atomic E-state index is 11.8. The number of carbonyl (C=O) groups is 1. The summed E-state index contributed by atoms with van der Waals surface area (Å²) in [6, 6.07) is 9.49. The van der Waals surface area contributed by atoms with E-state index in [1.54, 1.807) is 18.2 Å². The minimum absolute atomic E-state index is 0.0294. The zero-order valence-corrected chi connectivity index (χ0v) is 12.7. The summed E-state index contributed by atoms with van der Waals surface area (Å²) in [7, 11) is 0. The summed E-state index contributed by atoms with van der Waals surface area (Å²) in [6.45, 7) is 0. The van der Waals surface area contributed by atoms with E-state index in [-0.39, 0.29) is 15.8 Å². The fourth-order valence-corrected chi connectivity index (χ4v) is 2.03. The molecule has 2 aromatic rings. The number of aromatic hydroxyl groups is 1. The number of nitrogens with one attached hydrogen (secondary N) is 1. The number of rotatable bonds is 3. The summed E-state index contributed by atoms with van der Waals surface area (Å²) in [6.07, 6.45) is 1.26. The average Bonchev–Trinajstić information content (AvgIpc) is 2.47. The van der Waals surface area contributed by atoms with Crippen molar-refractivity contribution in [3.8, 4) is 5.75 Å². The number of phenols is 1. The van der Waals surface area contributed by atoms with E-state index in [1.807, 2.05) is 0 Å². The van der Waals surface area contributed by atoms with Crippen LogP contribution in [0.15, 0.2) is 41.5 Å². The number of halogens is 3. The van der Waals surface area contributed by atoms with Gasteiger partial charge in [0.1, 0.15) is 10.8 Å². The molecule has 0 aromatic heterocycles. The lowest BCUT2D eigenvalue weighted by Crippen LogP contribution is -2.17. The molecule has 0 unspecified atom stereocenters. The Labute approximate surface area is 135 Å². The molecule has 1 amide bonds. The van der Waals surface area contributed by atoms with Gasteiger partial charge in [0, 0.05) is 16.1 Å². The molecule has 0 heterocycles. The van der Waals surface area contributed by atoms with Gasteiger partial charge in [0.05, 0.1) is 11.2 Å². The number of hydrogen-bond donors (Lipinski definition) is 2. The average molecular weight is 344 g/mol. The highest BCUT2D eigenvalue weighted by atomic mass is 35.5. The summed E-state index contributed by atoms with van der Waals surface area (Å²) >= 11 is 17.3. The fraction of sp³-hybridized carbons (Fsp3) is 0. The van der Waals surface area contributed by atoms with Gasteiger partial charge in [0.2, 0.25) is 0 Å². The van der Waals surface area contributed by atoms with Gasteiger partial charge in [-0.25, -0.2) is 5.43 Å². The van der Waals surface area contributed by atoms with Crippen LogP contribution in [-0.2, 0) is 0 Å². The SMILES string of the molecule is O=C(N/N=C/c1ccc(Cl)c(Cl)c1O)c1cccc(Cl)c1. The Morgan fingerprint density at radius 3 is 2.67 bits per heavy atom. The molecule has 2 aromatic carbocycles. The van der Waals surface area contributed by atoms with Crippen molar-refractivity contribution in [3.05, 3.63) is 62.6 Å². The molecule has 0 radical (unpaired) electrons. The minimum Gasteiger partial charge on any atom is -0.506 e. The Kier molecular flexibility index (Phi) is 5.07. The second-order valence-corrected chi connectivity index (χ2v) is 5.23. The molecule has 0 aliphatic carbocycles. The van der Waals surface area contributed by atoms with Crippen LogP contribution in [0.5, 0.6) is 5.75 Å². The van der Waals surface area contributed by atoms with E-state index < -0.39 is 5.91 Å². The molecule has 4 nitrogen and oxygen atoms in total. The Bertz CT molecular complexity index is 717. The monoisotopic (exact) mass is 342 g/mol. The van der Waals surface area contributed by atoms with Crippen LogP contribution in [0.3, 0.4) is 0 Å². The van der Waals surface area contributed by atoms with Crippen LogP contribution in [-0.4, -0.2) is 17.2 Å². The van der Waals surface area contributed by atoms with E-state index in [4.69, 9.17) is 34.8 Å². The van der Waals surface area contributed by atoms with Gasteiger partial charge in [0.15, 0.2) is 0 Å². The van der Waals surface area contributed by atoms with Gasteiger partial charge in [-0.1, -0.05) is 40.9 Å². The molecule has 0 saturated carbocycles. The lowest BCUT2D eigenvalue weighted by Gasteiger charge is -2.03. The van der Waals surface area contributed by atoms with Crippen molar-refractivity contribution in [2.45, 2.75) is 0 Å². The molecule has 2 N–H and O–H groups in total. The summed E-state index contributed by atoms with van der Waals surface area (Å²) in [5.41, 5.74) is 3.02. The number of carbonyl (C=O) groups excluding carboxylic acids is 1. The van der Waals surface area contributed by atoms with Gasteiger partial charge < -0.3 is 5.11 Å². The Hall–Kier alpha value is -1.75.